The van der Waals surface area contributed by atoms with Gasteiger partial charge in [0.05, 0.1) is 11.4 Å². The zero-order valence-electron chi connectivity index (χ0n) is 10.00. The van der Waals surface area contributed by atoms with Crippen molar-refractivity contribution in [3.8, 4) is 0 Å². The maximum Gasteiger partial charge on any atom is 0.181 e. The fourth-order valence-electron chi connectivity index (χ4n) is 1.98. The number of hydrogen-bond donors (Lipinski definition) is 1. The lowest BCUT2D eigenvalue weighted by atomic mass is 10.2. The van der Waals surface area contributed by atoms with Gasteiger partial charge in [0.2, 0.25) is 0 Å². The molecule has 4 nitrogen and oxygen atoms in total. The first-order valence-electron chi connectivity index (χ1n) is 5.67. The zero-order chi connectivity index (χ0) is 12.5. The Morgan fingerprint density at radius 3 is 2.83 bits per heavy atom. The molecule has 90 valence electrons. The second-order valence-electron chi connectivity index (χ2n) is 4.12. The van der Waals surface area contributed by atoms with Gasteiger partial charge in [-0.15, -0.1) is 0 Å². The monoisotopic (exact) mass is 239 g/mol. The number of nitrogens with two attached hydrogens (primary N) is 1. The average molecular weight is 239 g/mol. The third-order valence-electron chi connectivity index (χ3n) is 3.00. The third kappa shape index (κ3) is 1.68. The van der Waals surface area contributed by atoms with Crippen LogP contribution in [0.25, 0.3) is 11.1 Å². The SMILES string of the molecule is CN(c1ccc2ncoc2c1)c1ccccc1N. The lowest BCUT2D eigenvalue weighted by molar-refractivity contribution is 0.602. The Morgan fingerprint density at radius 2 is 2.00 bits per heavy atom. The summed E-state index contributed by atoms with van der Waals surface area (Å²) >= 11 is 0. The molecule has 0 atom stereocenters. The second-order valence-corrected chi connectivity index (χ2v) is 4.12. The Labute approximate surface area is 105 Å². The highest BCUT2D eigenvalue weighted by molar-refractivity contribution is 5.81. The molecule has 0 amide bonds. The number of nitrogen functional groups attached to an aromatic ring is 1. The molecule has 0 aliphatic heterocycles. The summed E-state index contributed by atoms with van der Waals surface area (Å²) in [5, 5.41) is 0. The van der Waals surface area contributed by atoms with E-state index >= 15 is 0 Å². The summed E-state index contributed by atoms with van der Waals surface area (Å²) in [6.45, 7) is 0. The summed E-state index contributed by atoms with van der Waals surface area (Å²) in [6.07, 6.45) is 1.45. The maximum absolute atomic E-state index is 5.97. The van der Waals surface area contributed by atoms with Gasteiger partial charge in [-0.1, -0.05) is 12.1 Å². The Bertz CT molecular complexity index is 690. The van der Waals surface area contributed by atoms with Gasteiger partial charge in [-0.05, 0) is 24.3 Å². The van der Waals surface area contributed by atoms with Crippen LogP contribution in [0.2, 0.25) is 0 Å². The van der Waals surface area contributed by atoms with Crippen molar-refractivity contribution in [1.29, 1.82) is 0 Å². The molecular formula is C14H13N3O. The van der Waals surface area contributed by atoms with Crippen LogP contribution in [0.3, 0.4) is 0 Å². The van der Waals surface area contributed by atoms with E-state index in [0.29, 0.717) is 0 Å². The summed E-state index contributed by atoms with van der Waals surface area (Å²) < 4.78 is 5.31. The predicted molar refractivity (Wildman–Crippen MR) is 72.9 cm³/mol. The molecule has 0 fully saturated rings. The molecular weight excluding hydrogens is 226 g/mol. The number of aromatic nitrogens is 1. The second kappa shape index (κ2) is 4.07. The molecule has 0 bridgehead atoms. The van der Waals surface area contributed by atoms with Gasteiger partial charge in [0.15, 0.2) is 12.0 Å². The minimum absolute atomic E-state index is 0.748. The van der Waals surface area contributed by atoms with E-state index < -0.39 is 0 Å². The van der Waals surface area contributed by atoms with E-state index in [9.17, 15) is 0 Å². The van der Waals surface area contributed by atoms with Gasteiger partial charge < -0.3 is 15.1 Å². The number of nitrogens with zero attached hydrogens (tertiary/aromatic N) is 2. The topological polar surface area (TPSA) is 55.3 Å². The Hall–Kier alpha value is -2.49. The van der Waals surface area contributed by atoms with Crippen molar-refractivity contribution in [2.24, 2.45) is 0 Å². The van der Waals surface area contributed by atoms with E-state index in [1.54, 1.807) is 0 Å². The van der Waals surface area contributed by atoms with Crippen molar-refractivity contribution in [2.45, 2.75) is 0 Å². The van der Waals surface area contributed by atoms with Gasteiger partial charge in [0.25, 0.3) is 0 Å². The Kier molecular flexibility index (Phi) is 2.41. The minimum atomic E-state index is 0.748. The minimum Gasteiger partial charge on any atom is -0.443 e. The summed E-state index contributed by atoms with van der Waals surface area (Å²) in [5.41, 5.74) is 10.3. The van der Waals surface area contributed by atoms with E-state index in [0.717, 1.165) is 28.2 Å². The van der Waals surface area contributed by atoms with Gasteiger partial charge in [-0.3, -0.25) is 0 Å². The molecule has 0 unspecified atom stereocenters. The highest BCUT2D eigenvalue weighted by Gasteiger charge is 2.08. The first kappa shape index (κ1) is 10.7. The lowest BCUT2D eigenvalue weighted by Gasteiger charge is -2.20. The molecule has 2 aromatic carbocycles. The molecule has 3 rings (SSSR count). The van der Waals surface area contributed by atoms with Gasteiger partial charge in [0, 0.05) is 18.8 Å². The number of fused-ring (bicyclic) bond motifs is 1. The smallest absolute Gasteiger partial charge is 0.181 e. The molecule has 0 aliphatic rings. The molecule has 0 saturated carbocycles. The fourth-order valence-corrected chi connectivity index (χ4v) is 1.98. The maximum atomic E-state index is 5.97. The van der Waals surface area contributed by atoms with Crippen LogP contribution in [0, 0.1) is 0 Å². The van der Waals surface area contributed by atoms with Gasteiger partial charge in [0.1, 0.15) is 5.52 Å². The molecule has 3 aromatic rings. The summed E-state index contributed by atoms with van der Waals surface area (Å²) in [5.74, 6) is 0. The normalized spacial score (nSPS) is 10.7. The van der Waals surface area contributed by atoms with Crippen molar-refractivity contribution < 1.29 is 4.42 Å². The van der Waals surface area contributed by atoms with Crippen molar-refractivity contribution >= 4 is 28.2 Å². The van der Waals surface area contributed by atoms with E-state index in [2.05, 4.69) is 4.98 Å². The predicted octanol–water partition coefficient (Wildman–Crippen LogP) is 3.18. The highest BCUT2D eigenvalue weighted by atomic mass is 16.3. The number of hydrogen-bond acceptors (Lipinski definition) is 4. The first-order valence-corrected chi connectivity index (χ1v) is 5.67. The van der Waals surface area contributed by atoms with Gasteiger partial charge >= 0.3 is 0 Å². The van der Waals surface area contributed by atoms with Crippen LogP contribution in [0.1, 0.15) is 0 Å². The molecule has 1 heterocycles. The summed E-state index contributed by atoms with van der Waals surface area (Å²) in [7, 11) is 1.98. The standard InChI is InChI=1S/C14H13N3O/c1-17(13-5-3-2-4-11(13)15)10-6-7-12-14(8-10)18-9-16-12/h2-9H,15H2,1H3. The number of benzene rings is 2. The number of rotatable bonds is 2. The average Bonchev–Trinajstić information content (AvgIpc) is 2.85. The van der Waals surface area contributed by atoms with Gasteiger partial charge in [-0.25, -0.2) is 4.98 Å². The first-order chi connectivity index (χ1) is 8.75. The zero-order valence-corrected chi connectivity index (χ0v) is 10.00. The molecule has 1 aromatic heterocycles. The highest BCUT2D eigenvalue weighted by Crippen LogP contribution is 2.30. The van der Waals surface area contributed by atoms with Crippen molar-refractivity contribution in [3.05, 3.63) is 48.9 Å². The van der Waals surface area contributed by atoms with E-state index in [1.165, 1.54) is 6.39 Å². The van der Waals surface area contributed by atoms with Crippen molar-refractivity contribution in [3.63, 3.8) is 0 Å². The largest absolute Gasteiger partial charge is 0.443 e. The lowest BCUT2D eigenvalue weighted by Crippen LogP contribution is -2.11. The molecule has 4 heteroatoms. The molecule has 18 heavy (non-hydrogen) atoms. The molecule has 0 radical (unpaired) electrons. The van der Waals surface area contributed by atoms with Crippen LogP contribution in [0.15, 0.2) is 53.3 Å². The third-order valence-corrected chi connectivity index (χ3v) is 3.00. The van der Waals surface area contributed by atoms with E-state index in [-0.39, 0.29) is 0 Å². The van der Waals surface area contributed by atoms with Crippen molar-refractivity contribution in [1.82, 2.24) is 4.98 Å². The Balaban J connectivity index is 2.06. The fraction of sp³-hybridized carbons (Fsp3) is 0.0714. The Morgan fingerprint density at radius 1 is 1.17 bits per heavy atom. The van der Waals surface area contributed by atoms with Crippen LogP contribution in [-0.4, -0.2) is 12.0 Å². The van der Waals surface area contributed by atoms with Crippen LogP contribution < -0.4 is 10.6 Å². The van der Waals surface area contributed by atoms with E-state index in [1.807, 2.05) is 54.4 Å². The quantitative estimate of drug-likeness (QED) is 0.698. The number of oxazole rings is 1. The van der Waals surface area contributed by atoms with Crippen LogP contribution in [0.4, 0.5) is 17.1 Å². The van der Waals surface area contributed by atoms with Crippen LogP contribution >= 0.6 is 0 Å². The van der Waals surface area contributed by atoms with E-state index in [4.69, 9.17) is 10.2 Å². The summed E-state index contributed by atoms with van der Waals surface area (Å²) in [4.78, 5) is 6.12. The van der Waals surface area contributed by atoms with Crippen LogP contribution in [-0.2, 0) is 0 Å². The molecule has 0 saturated heterocycles. The van der Waals surface area contributed by atoms with Crippen molar-refractivity contribution in [2.75, 3.05) is 17.7 Å². The number of anilines is 3. The van der Waals surface area contributed by atoms with Gasteiger partial charge in [-0.2, -0.15) is 0 Å². The number of para-hydroxylation sites is 2. The molecule has 0 spiro atoms. The van der Waals surface area contributed by atoms with Crippen LogP contribution in [0.5, 0.6) is 0 Å². The molecule has 0 aliphatic carbocycles. The summed E-state index contributed by atoms with van der Waals surface area (Å²) in [6, 6.07) is 13.6. The molecule has 2 N–H and O–H groups in total.